The molecule has 6 fully saturated rings. The van der Waals surface area contributed by atoms with E-state index < -0.39 is 34.7 Å². The third kappa shape index (κ3) is 2.20. The van der Waals surface area contributed by atoms with Gasteiger partial charge in [0.15, 0.2) is 0 Å². The molecule has 1 aliphatic heterocycles. The van der Waals surface area contributed by atoms with Crippen LogP contribution in [-0.2, 0) is 18.9 Å². The summed E-state index contributed by atoms with van der Waals surface area (Å²) in [6.45, 7) is 4.28. The van der Waals surface area contributed by atoms with Crippen LogP contribution in [0.1, 0.15) is 32.6 Å². The fourth-order valence-corrected chi connectivity index (χ4v) is 11.0. The van der Waals surface area contributed by atoms with Crippen molar-refractivity contribution < 1.29 is 34.3 Å². The van der Waals surface area contributed by atoms with E-state index in [2.05, 4.69) is 11.8 Å². The molecular weight excluding hydrogens is 426 g/mol. The lowest BCUT2D eigenvalue weighted by atomic mass is 9.42. The van der Waals surface area contributed by atoms with Crippen molar-refractivity contribution in [3.05, 3.63) is 0 Å². The van der Waals surface area contributed by atoms with E-state index in [1.165, 1.54) is 0 Å². The molecule has 8 nitrogen and oxygen atoms in total. The van der Waals surface area contributed by atoms with E-state index in [0.29, 0.717) is 13.0 Å². The molecule has 5 aliphatic carbocycles. The highest BCUT2D eigenvalue weighted by molar-refractivity contribution is 5.41. The molecule has 5 unspecified atom stereocenters. The smallest absolute Gasteiger partial charge is 0.136 e. The molecule has 13 atom stereocenters. The van der Waals surface area contributed by atoms with Crippen LogP contribution in [0.4, 0.5) is 0 Å². The first kappa shape index (κ1) is 23.1. The molecule has 6 aliphatic rings. The number of fused-ring (bicyclic) bond motifs is 2. The lowest BCUT2D eigenvalue weighted by Gasteiger charge is -2.70. The van der Waals surface area contributed by atoms with E-state index in [-0.39, 0.29) is 41.4 Å². The van der Waals surface area contributed by atoms with Crippen LogP contribution < -0.4 is 0 Å². The molecule has 1 spiro atoms. The third-order valence-electron chi connectivity index (χ3n) is 11.5. The Kier molecular flexibility index (Phi) is 4.99. The molecule has 7 bridgehead atoms. The maximum Gasteiger partial charge on any atom is 0.136 e. The van der Waals surface area contributed by atoms with E-state index >= 15 is 0 Å². The molecule has 0 aromatic carbocycles. The summed E-state index contributed by atoms with van der Waals surface area (Å²) in [6, 6.07) is -0.312. The Morgan fingerprint density at radius 1 is 1.06 bits per heavy atom. The van der Waals surface area contributed by atoms with Crippen molar-refractivity contribution in [1.82, 2.24) is 4.90 Å². The average Bonchev–Trinajstić information content (AvgIpc) is 3.16. The van der Waals surface area contributed by atoms with Gasteiger partial charge in [-0.25, -0.2) is 0 Å². The largest absolute Gasteiger partial charge is 0.392 e. The Hall–Kier alpha value is -0.320. The zero-order chi connectivity index (χ0) is 23.6. The second kappa shape index (κ2) is 7.13. The van der Waals surface area contributed by atoms with Gasteiger partial charge in [-0.1, -0.05) is 6.92 Å². The highest BCUT2D eigenvalue weighted by Gasteiger charge is 2.91. The lowest BCUT2D eigenvalue weighted by Crippen LogP contribution is -2.82. The molecule has 0 amide bonds. The maximum absolute atomic E-state index is 12.9. The molecule has 5 saturated carbocycles. The molecule has 8 heteroatoms. The number of hydrogen-bond acceptors (Lipinski definition) is 8. The molecule has 1 saturated heterocycles. The van der Waals surface area contributed by atoms with E-state index in [1.807, 2.05) is 0 Å². The summed E-state index contributed by atoms with van der Waals surface area (Å²) in [6.07, 6.45) is 1.21. The standard InChI is InChI=1S/C25H41NO7/c1-6-26-11-22(12-30-2)8-7-16(32-4)24-14-9-13-15(31-3)10-23(28,17(14)18(13)27)25(29,21(24)26)20(33-5)19(22)24/h13-21,27-29H,6-12H2,1-5H3/t13-,14-,15+,16?,17-,18?,19-,20+,21?,22+,23-,24?,25?/m1/s1. The second-order valence-electron chi connectivity index (χ2n) is 11.9. The molecular formula is C25H41NO7. The van der Waals surface area contributed by atoms with Crippen molar-refractivity contribution in [3.63, 3.8) is 0 Å². The van der Waals surface area contributed by atoms with Crippen LogP contribution in [0.5, 0.6) is 0 Å². The number of methoxy groups -OCH3 is 4. The van der Waals surface area contributed by atoms with Crippen molar-refractivity contribution in [2.75, 3.05) is 48.1 Å². The molecule has 188 valence electrons. The number of aliphatic hydroxyl groups is 3. The zero-order valence-corrected chi connectivity index (χ0v) is 20.6. The lowest BCUT2D eigenvalue weighted by molar-refractivity contribution is -0.318. The van der Waals surface area contributed by atoms with Gasteiger partial charge >= 0.3 is 0 Å². The highest BCUT2D eigenvalue weighted by atomic mass is 16.5. The molecule has 1 heterocycles. The topological polar surface area (TPSA) is 101 Å². The van der Waals surface area contributed by atoms with E-state index in [9.17, 15) is 15.3 Å². The Morgan fingerprint density at radius 3 is 2.42 bits per heavy atom. The van der Waals surface area contributed by atoms with E-state index in [1.54, 1.807) is 28.4 Å². The van der Waals surface area contributed by atoms with Gasteiger partial charge in [0.1, 0.15) is 11.2 Å². The monoisotopic (exact) mass is 467 g/mol. The van der Waals surface area contributed by atoms with Gasteiger partial charge in [-0.05, 0) is 31.7 Å². The minimum absolute atomic E-state index is 0.00825. The average molecular weight is 468 g/mol. The molecule has 0 aromatic heterocycles. The molecule has 6 rings (SSSR count). The minimum atomic E-state index is -1.55. The van der Waals surface area contributed by atoms with Crippen LogP contribution in [0.2, 0.25) is 0 Å². The van der Waals surface area contributed by atoms with Crippen LogP contribution in [0.25, 0.3) is 0 Å². The van der Waals surface area contributed by atoms with Gasteiger partial charge < -0.3 is 34.3 Å². The Balaban J connectivity index is 1.68. The normalized spacial score (nSPS) is 60.9. The summed E-state index contributed by atoms with van der Waals surface area (Å²) in [5.74, 6) is -0.492. The van der Waals surface area contributed by atoms with Crippen molar-refractivity contribution in [2.45, 2.75) is 74.3 Å². The van der Waals surface area contributed by atoms with Crippen molar-refractivity contribution in [3.8, 4) is 0 Å². The molecule has 0 radical (unpaired) electrons. The minimum Gasteiger partial charge on any atom is -0.392 e. The number of piperidine rings is 1. The summed E-state index contributed by atoms with van der Waals surface area (Å²) >= 11 is 0. The van der Waals surface area contributed by atoms with Crippen molar-refractivity contribution in [1.29, 1.82) is 0 Å². The van der Waals surface area contributed by atoms with Crippen LogP contribution in [0.15, 0.2) is 0 Å². The van der Waals surface area contributed by atoms with Gasteiger partial charge in [-0.2, -0.15) is 0 Å². The van der Waals surface area contributed by atoms with Gasteiger partial charge in [-0.3, -0.25) is 4.90 Å². The van der Waals surface area contributed by atoms with E-state index in [4.69, 9.17) is 18.9 Å². The number of ether oxygens (including phenoxy) is 4. The number of nitrogens with zero attached hydrogens (tertiary/aromatic N) is 1. The second-order valence-corrected chi connectivity index (χ2v) is 11.9. The number of aliphatic hydroxyl groups excluding tert-OH is 1. The Bertz CT molecular complexity index is 814. The van der Waals surface area contributed by atoms with Crippen LogP contribution in [0.3, 0.4) is 0 Å². The first-order valence-corrected chi connectivity index (χ1v) is 12.7. The van der Waals surface area contributed by atoms with Gasteiger partial charge in [0.2, 0.25) is 0 Å². The number of hydrogen-bond donors (Lipinski definition) is 3. The van der Waals surface area contributed by atoms with Crippen molar-refractivity contribution in [2.24, 2.45) is 34.5 Å². The summed E-state index contributed by atoms with van der Waals surface area (Å²) in [5.41, 5.74) is -3.70. The molecule has 3 N–H and O–H groups in total. The summed E-state index contributed by atoms with van der Waals surface area (Å²) in [5, 5.41) is 37.1. The third-order valence-corrected chi connectivity index (χ3v) is 11.5. The van der Waals surface area contributed by atoms with E-state index in [0.717, 1.165) is 32.4 Å². The first-order valence-electron chi connectivity index (χ1n) is 12.7. The highest BCUT2D eigenvalue weighted by Crippen LogP contribution is 2.80. The van der Waals surface area contributed by atoms with Crippen LogP contribution >= 0.6 is 0 Å². The first-order chi connectivity index (χ1) is 15.8. The number of likely N-dealkylation sites (N-methyl/N-ethyl adjacent to an activating group) is 1. The van der Waals surface area contributed by atoms with Gasteiger partial charge in [0.05, 0.1) is 37.1 Å². The van der Waals surface area contributed by atoms with Gasteiger partial charge in [0, 0.05) is 70.0 Å². The SMILES string of the molecule is CCN1C[C@]2(COC)CCC(OC)C34C1C(O)([C@@H](OC)[C@@H]32)[C@@]1(O)C[C@H](OC)[C@H]2C[C@@H]4[C@@H]1C2O. The van der Waals surface area contributed by atoms with Crippen LogP contribution in [-0.4, -0.2) is 110 Å². The van der Waals surface area contributed by atoms with Gasteiger partial charge in [0.25, 0.3) is 0 Å². The Labute approximate surface area is 196 Å². The molecule has 33 heavy (non-hydrogen) atoms. The summed E-state index contributed by atoms with van der Waals surface area (Å²) in [7, 11) is 6.85. The van der Waals surface area contributed by atoms with Crippen LogP contribution in [0, 0.1) is 34.5 Å². The number of rotatable bonds is 6. The fourth-order valence-electron chi connectivity index (χ4n) is 11.0. The number of likely N-dealkylation sites (tertiary alicyclic amines) is 1. The maximum atomic E-state index is 12.9. The predicted octanol–water partition coefficient (Wildman–Crippen LogP) is 0.271. The Morgan fingerprint density at radius 2 is 1.82 bits per heavy atom. The van der Waals surface area contributed by atoms with Crippen molar-refractivity contribution >= 4 is 0 Å². The van der Waals surface area contributed by atoms with Gasteiger partial charge in [-0.15, -0.1) is 0 Å². The summed E-state index contributed by atoms with van der Waals surface area (Å²) < 4.78 is 24.2. The summed E-state index contributed by atoms with van der Waals surface area (Å²) in [4.78, 5) is 2.38. The quantitative estimate of drug-likeness (QED) is 0.512. The fraction of sp³-hybridized carbons (Fsp3) is 1.00. The molecule has 0 aromatic rings. The predicted molar refractivity (Wildman–Crippen MR) is 119 cm³/mol. The zero-order valence-electron chi connectivity index (χ0n) is 20.6.